The quantitative estimate of drug-likeness (QED) is 0.608. The second kappa shape index (κ2) is 8.78. The minimum absolute atomic E-state index is 0.161. The maximum Gasteiger partial charge on any atom is 0.127 e. The summed E-state index contributed by atoms with van der Waals surface area (Å²) in [5.41, 5.74) is -0.161. The highest BCUT2D eigenvalue weighted by Gasteiger charge is 2.34. The first-order valence-corrected chi connectivity index (χ1v) is 8.24. The van der Waals surface area contributed by atoms with Crippen molar-refractivity contribution in [3.63, 3.8) is 0 Å². The largest absolute Gasteiger partial charge is 0.381 e. The molecule has 3 nitrogen and oxygen atoms in total. The second-order valence-electron chi connectivity index (χ2n) is 7.23. The van der Waals surface area contributed by atoms with Gasteiger partial charge in [0.2, 0.25) is 0 Å². The lowest BCUT2D eigenvalue weighted by atomic mass is 9.81. The van der Waals surface area contributed by atoms with Gasteiger partial charge in [-0.25, -0.2) is 0 Å². The van der Waals surface area contributed by atoms with Crippen molar-refractivity contribution in [3.8, 4) is 0 Å². The van der Waals surface area contributed by atoms with Gasteiger partial charge >= 0.3 is 0 Å². The molecule has 0 aromatic carbocycles. The molecule has 0 aliphatic carbocycles. The molecule has 3 heteroatoms. The zero-order chi connectivity index (χ0) is 15.0. The van der Waals surface area contributed by atoms with E-state index in [0.29, 0.717) is 0 Å². The molecule has 1 heterocycles. The van der Waals surface area contributed by atoms with E-state index in [4.69, 9.17) is 4.74 Å². The molecular weight excluding hydrogens is 250 g/mol. The molecule has 0 aromatic rings. The fourth-order valence-electron chi connectivity index (χ4n) is 2.69. The Morgan fingerprint density at radius 3 is 1.95 bits per heavy atom. The van der Waals surface area contributed by atoms with Crippen molar-refractivity contribution >= 4 is 6.29 Å². The predicted molar refractivity (Wildman–Crippen MR) is 83.9 cm³/mol. The van der Waals surface area contributed by atoms with Crippen LogP contribution in [0, 0.1) is 17.3 Å². The molecule has 1 aliphatic heterocycles. The number of ether oxygens (including phenoxy) is 1. The van der Waals surface area contributed by atoms with Crippen LogP contribution in [0.4, 0.5) is 0 Å². The SMILES string of the molecule is CC(C)CCN(CCC(C)C)CC1(C=O)CCOCC1. The molecule has 1 aliphatic rings. The number of carbonyl (C=O) groups excluding carboxylic acids is 1. The van der Waals surface area contributed by atoms with E-state index in [1.165, 1.54) is 19.1 Å². The zero-order valence-electron chi connectivity index (χ0n) is 13.9. The lowest BCUT2D eigenvalue weighted by molar-refractivity contribution is -0.123. The van der Waals surface area contributed by atoms with Crippen LogP contribution in [0.3, 0.4) is 0 Å². The molecule has 0 radical (unpaired) electrons. The van der Waals surface area contributed by atoms with E-state index in [0.717, 1.165) is 57.5 Å². The Morgan fingerprint density at radius 1 is 1.05 bits per heavy atom. The van der Waals surface area contributed by atoms with Crippen molar-refractivity contribution in [3.05, 3.63) is 0 Å². The smallest absolute Gasteiger partial charge is 0.127 e. The molecule has 0 unspecified atom stereocenters. The average molecular weight is 283 g/mol. The summed E-state index contributed by atoms with van der Waals surface area (Å²) in [6.45, 7) is 13.7. The zero-order valence-corrected chi connectivity index (χ0v) is 13.9. The summed E-state index contributed by atoms with van der Waals surface area (Å²) in [6.07, 6.45) is 5.40. The number of hydrogen-bond acceptors (Lipinski definition) is 3. The van der Waals surface area contributed by atoms with Gasteiger partial charge in [-0.1, -0.05) is 27.7 Å². The number of nitrogens with zero attached hydrogens (tertiary/aromatic N) is 1. The van der Waals surface area contributed by atoms with Gasteiger partial charge in [0.1, 0.15) is 6.29 Å². The summed E-state index contributed by atoms with van der Waals surface area (Å²) in [4.78, 5) is 14.1. The van der Waals surface area contributed by atoms with E-state index < -0.39 is 0 Å². The van der Waals surface area contributed by atoms with Crippen LogP contribution in [0.5, 0.6) is 0 Å². The molecule has 20 heavy (non-hydrogen) atoms. The van der Waals surface area contributed by atoms with Crippen LogP contribution in [0.1, 0.15) is 53.4 Å². The molecule has 1 rings (SSSR count). The average Bonchev–Trinajstić information content (AvgIpc) is 2.42. The lowest BCUT2D eigenvalue weighted by Crippen LogP contribution is -2.43. The van der Waals surface area contributed by atoms with E-state index in [2.05, 4.69) is 32.6 Å². The molecule has 0 atom stereocenters. The lowest BCUT2D eigenvalue weighted by Gasteiger charge is -2.37. The Hall–Kier alpha value is -0.410. The van der Waals surface area contributed by atoms with E-state index >= 15 is 0 Å². The van der Waals surface area contributed by atoms with E-state index in [9.17, 15) is 4.79 Å². The van der Waals surface area contributed by atoms with Crippen LogP contribution in [0.25, 0.3) is 0 Å². The van der Waals surface area contributed by atoms with Crippen molar-refractivity contribution < 1.29 is 9.53 Å². The van der Waals surface area contributed by atoms with Gasteiger partial charge in [0.25, 0.3) is 0 Å². The first kappa shape index (κ1) is 17.6. The first-order valence-electron chi connectivity index (χ1n) is 8.24. The van der Waals surface area contributed by atoms with Crippen molar-refractivity contribution in [2.75, 3.05) is 32.8 Å². The normalized spacial score (nSPS) is 18.9. The minimum Gasteiger partial charge on any atom is -0.381 e. The van der Waals surface area contributed by atoms with Gasteiger partial charge in [-0.2, -0.15) is 0 Å². The molecule has 1 saturated heterocycles. The van der Waals surface area contributed by atoms with Crippen molar-refractivity contribution in [2.24, 2.45) is 17.3 Å². The van der Waals surface area contributed by atoms with Crippen molar-refractivity contribution in [2.45, 2.75) is 53.4 Å². The number of rotatable bonds is 9. The van der Waals surface area contributed by atoms with E-state index in [1.54, 1.807) is 0 Å². The Kier molecular flexibility index (Phi) is 7.75. The third kappa shape index (κ3) is 6.36. The topological polar surface area (TPSA) is 29.5 Å². The fraction of sp³-hybridized carbons (Fsp3) is 0.941. The number of carbonyl (C=O) groups is 1. The molecule has 1 fully saturated rings. The minimum atomic E-state index is -0.161. The van der Waals surface area contributed by atoms with Gasteiger partial charge in [0.15, 0.2) is 0 Å². The van der Waals surface area contributed by atoms with Crippen LogP contribution in [0.15, 0.2) is 0 Å². The molecule has 0 saturated carbocycles. The highest BCUT2D eigenvalue weighted by Crippen LogP contribution is 2.29. The fourth-order valence-corrected chi connectivity index (χ4v) is 2.69. The van der Waals surface area contributed by atoms with E-state index in [-0.39, 0.29) is 5.41 Å². The van der Waals surface area contributed by atoms with Crippen LogP contribution < -0.4 is 0 Å². The molecule has 0 spiro atoms. The van der Waals surface area contributed by atoms with Crippen LogP contribution in [-0.4, -0.2) is 44.0 Å². The van der Waals surface area contributed by atoms with Crippen molar-refractivity contribution in [1.82, 2.24) is 4.90 Å². The molecule has 118 valence electrons. The van der Waals surface area contributed by atoms with E-state index in [1.807, 2.05) is 0 Å². The third-order valence-electron chi connectivity index (χ3n) is 4.32. The highest BCUT2D eigenvalue weighted by molar-refractivity contribution is 5.60. The van der Waals surface area contributed by atoms with Crippen LogP contribution in [0.2, 0.25) is 0 Å². The second-order valence-corrected chi connectivity index (χ2v) is 7.23. The molecule has 0 N–H and O–H groups in total. The summed E-state index contributed by atoms with van der Waals surface area (Å²) in [7, 11) is 0. The summed E-state index contributed by atoms with van der Waals surface area (Å²) >= 11 is 0. The molecule has 0 bridgehead atoms. The van der Waals surface area contributed by atoms with Crippen LogP contribution in [-0.2, 0) is 9.53 Å². The monoisotopic (exact) mass is 283 g/mol. The first-order chi connectivity index (χ1) is 9.47. The Labute approximate surface area is 125 Å². The molecular formula is C17H33NO2. The summed E-state index contributed by atoms with van der Waals surface area (Å²) in [6, 6.07) is 0. The van der Waals surface area contributed by atoms with Gasteiger partial charge in [-0.05, 0) is 50.6 Å². The molecule has 0 aromatic heterocycles. The number of aldehydes is 1. The van der Waals surface area contributed by atoms with Crippen molar-refractivity contribution in [1.29, 1.82) is 0 Å². The van der Waals surface area contributed by atoms with Crippen LogP contribution >= 0.6 is 0 Å². The van der Waals surface area contributed by atoms with Gasteiger partial charge in [0, 0.05) is 25.2 Å². The maximum absolute atomic E-state index is 11.6. The maximum atomic E-state index is 11.6. The van der Waals surface area contributed by atoms with Gasteiger partial charge in [-0.15, -0.1) is 0 Å². The summed E-state index contributed by atoms with van der Waals surface area (Å²) in [5, 5.41) is 0. The van der Waals surface area contributed by atoms with Gasteiger partial charge < -0.3 is 14.4 Å². The van der Waals surface area contributed by atoms with Gasteiger partial charge in [0.05, 0.1) is 0 Å². The Bertz CT molecular complexity index is 258. The Morgan fingerprint density at radius 2 is 1.55 bits per heavy atom. The summed E-state index contributed by atoms with van der Waals surface area (Å²) < 4.78 is 5.43. The highest BCUT2D eigenvalue weighted by atomic mass is 16.5. The van der Waals surface area contributed by atoms with Gasteiger partial charge in [-0.3, -0.25) is 0 Å². The number of hydrogen-bond donors (Lipinski definition) is 0. The third-order valence-corrected chi connectivity index (χ3v) is 4.32. The predicted octanol–water partition coefficient (Wildman–Crippen LogP) is 3.38. The standard InChI is InChI=1S/C17H33NO2/c1-15(2)5-9-18(10-6-16(3)4)13-17(14-19)7-11-20-12-8-17/h14-16H,5-13H2,1-4H3. The molecule has 0 amide bonds. The summed E-state index contributed by atoms with van der Waals surface area (Å²) in [5.74, 6) is 1.44. The Balaban J connectivity index is 2.57.